The molecule has 1 saturated heterocycles. The van der Waals surface area contributed by atoms with Crippen molar-refractivity contribution in [2.24, 2.45) is 7.05 Å². The van der Waals surface area contributed by atoms with Crippen molar-refractivity contribution in [3.05, 3.63) is 70.2 Å². The first kappa shape index (κ1) is 21.6. The van der Waals surface area contributed by atoms with Gasteiger partial charge in [-0.3, -0.25) is 9.48 Å². The maximum Gasteiger partial charge on any atom is 0.257 e. The van der Waals surface area contributed by atoms with E-state index in [9.17, 15) is 9.18 Å². The number of nitrogens with zero attached hydrogens (tertiary/aromatic N) is 6. The van der Waals surface area contributed by atoms with Gasteiger partial charge in [0.2, 0.25) is 0 Å². The molecule has 0 radical (unpaired) electrons. The number of hydrogen-bond donors (Lipinski definition) is 0. The van der Waals surface area contributed by atoms with E-state index in [4.69, 9.17) is 9.97 Å². The highest BCUT2D eigenvalue weighted by atomic mass is 19.1. The van der Waals surface area contributed by atoms with E-state index in [0.29, 0.717) is 24.5 Å². The van der Waals surface area contributed by atoms with Gasteiger partial charge in [-0.15, -0.1) is 0 Å². The molecule has 0 saturated carbocycles. The summed E-state index contributed by atoms with van der Waals surface area (Å²) in [7, 11) is 1.85. The number of benzene rings is 1. The second-order valence-corrected chi connectivity index (χ2v) is 9.04. The van der Waals surface area contributed by atoms with Crippen LogP contribution in [0, 0.1) is 19.7 Å². The van der Waals surface area contributed by atoms with Gasteiger partial charge < -0.3 is 9.80 Å². The summed E-state index contributed by atoms with van der Waals surface area (Å²) in [6.07, 6.45) is 5.40. The second-order valence-electron chi connectivity index (χ2n) is 9.04. The minimum atomic E-state index is -0.229. The molecule has 172 valence electrons. The van der Waals surface area contributed by atoms with Gasteiger partial charge in [-0.25, -0.2) is 14.4 Å². The van der Waals surface area contributed by atoms with Crippen LogP contribution < -0.4 is 4.90 Å². The van der Waals surface area contributed by atoms with Crippen molar-refractivity contribution in [3.8, 4) is 0 Å². The summed E-state index contributed by atoms with van der Waals surface area (Å²) in [6.45, 7) is 6.21. The van der Waals surface area contributed by atoms with Gasteiger partial charge in [0, 0.05) is 43.6 Å². The Morgan fingerprint density at radius 2 is 1.91 bits per heavy atom. The number of hydrogen-bond acceptors (Lipinski definition) is 5. The molecule has 0 bridgehead atoms. The van der Waals surface area contributed by atoms with E-state index >= 15 is 0 Å². The lowest BCUT2D eigenvalue weighted by molar-refractivity contribution is 0.0728. The van der Waals surface area contributed by atoms with Crippen LogP contribution in [0.5, 0.6) is 0 Å². The Morgan fingerprint density at radius 1 is 1.12 bits per heavy atom. The summed E-state index contributed by atoms with van der Waals surface area (Å²) in [5.41, 5.74) is 4.70. The van der Waals surface area contributed by atoms with E-state index in [1.54, 1.807) is 10.9 Å². The van der Waals surface area contributed by atoms with Crippen LogP contribution in [0.15, 0.2) is 30.5 Å². The number of carbonyl (C=O) groups is 1. The maximum absolute atomic E-state index is 13.4. The summed E-state index contributed by atoms with van der Waals surface area (Å²) in [5, 5.41) is 4.24. The van der Waals surface area contributed by atoms with Gasteiger partial charge >= 0.3 is 0 Å². The standard InChI is InChI=1S/C25H29FN6O/c1-16-20-6-4-12-31(15-18-8-10-19(26)11-9-18)24(20)29-23(28-16)22-7-5-13-32(22)25(33)21-14-27-30(3)17(21)2/h8-11,14,22H,4-7,12-13,15H2,1-3H3/t22-/m0/s1. The predicted octanol–water partition coefficient (Wildman–Crippen LogP) is 3.90. The summed E-state index contributed by atoms with van der Waals surface area (Å²) >= 11 is 0. The molecule has 2 aliphatic heterocycles. The van der Waals surface area contributed by atoms with Crippen LogP contribution in [0.2, 0.25) is 0 Å². The first-order chi connectivity index (χ1) is 15.9. The Balaban J connectivity index is 1.46. The third kappa shape index (κ3) is 3.98. The summed E-state index contributed by atoms with van der Waals surface area (Å²) < 4.78 is 15.1. The Kier molecular flexibility index (Phi) is 5.60. The molecule has 0 unspecified atom stereocenters. The number of carbonyl (C=O) groups excluding carboxylic acids is 1. The highest BCUT2D eigenvalue weighted by Gasteiger charge is 2.35. The molecule has 0 spiro atoms. The number of likely N-dealkylation sites (tertiary alicyclic amines) is 1. The van der Waals surface area contributed by atoms with Crippen LogP contribution in [0.1, 0.15) is 64.0 Å². The molecule has 1 fully saturated rings. The largest absolute Gasteiger partial charge is 0.352 e. The number of rotatable bonds is 4. The van der Waals surface area contributed by atoms with Crippen molar-refractivity contribution in [2.45, 2.75) is 52.1 Å². The van der Waals surface area contributed by atoms with Gasteiger partial charge in [-0.1, -0.05) is 12.1 Å². The Hall–Kier alpha value is -3.29. The summed E-state index contributed by atoms with van der Waals surface area (Å²) in [6, 6.07) is 6.51. The molecule has 4 heterocycles. The van der Waals surface area contributed by atoms with Crippen LogP contribution >= 0.6 is 0 Å². The third-order valence-corrected chi connectivity index (χ3v) is 6.93. The average Bonchev–Trinajstić information content (AvgIpc) is 3.43. The van der Waals surface area contributed by atoms with Crippen molar-refractivity contribution < 1.29 is 9.18 Å². The smallest absolute Gasteiger partial charge is 0.257 e. The van der Waals surface area contributed by atoms with Crippen molar-refractivity contribution in [1.82, 2.24) is 24.6 Å². The average molecular weight is 449 g/mol. The molecular formula is C25H29FN6O. The van der Waals surface area contributed by atoms with Crippen LogP contribution in [-0.2, 0) is 20.0 Å². The molecule has 8 heteroatoms. The van der Waals surface area contributed by atoms with Gasteiger partial charge in [0.1, 0.15) is 11.6 Å². The monoisotopic (exact) mass is 448 g/mol. The van der Waals surface area contributed by atoms with E-state index in [-0.39, 0.29) is 17.8 Å². The molecule has 0 aliphatic carbocycles. The lowest BCUT2D eigenvalue weighted by Crippen LogP contribution is -2.34. The zero-order chi connectivity index (χ0) is 23.1. The van der Waals surface area contributed by atoms with Crippen LogP contribution in [-0.4, -0.2) is 43.6 Å². The van der Waals surface area contributed by atoms with E-state index < -0.39 is 0 Å². The van der Waals surface area contributed by atoms with Crippen LogP contribution in [0.4, 0.5) is 10.2 Å². The van der Waals surface area contributed by atoms with Crippen molar-refractivity contribution in [1.29, 1.82) is 0 Å². The normalized spacial score (nSPS) is 18.0. The molecule has 1 atom stereocenters. The fourth-order valence-electron chi connectivity index (χ4n) is 4.96. The molecular weight excluding hydrogens is 419 g/mol. The van der Waals surface area contributed by atoms with E-state index in [1.165, 1.54) is 17.7 Å². The molecule has 33 heavy (non-hydrogen) atoms. The highest BCUT2D eigenvalue weighted by molar-refractivity contribution is 5.95. The minimum Gasteiger partial charge on any atom is -0.352 e. The topological polar surface area (TPSA) is 67.2 Å². The van der Waals surface area contributed by atoms with E-state index in [1.807, 2.05) is 37.9 Å². The van der Waals surface area contributed by atoms with Gasteiger partial charge in [-0.05, 0) is 57.2 Å². The molecule has 1 amide bonds. The second kappa shape index (κ2) is 8.57. The summed E-state index contributed by atoms with van der Waals surface area (Å²) in [5.74, 6) is 1.42. The lowest BCUT2D eigenvalue weighted by atomic mass is 10.0. The van der Waals surface area contributed by atoms with E-state index in [0.717, 1.165) is 55.0 Å². The molecule has 1 aromatic carbocycles. The predicted molar refractivity (Wildman–Crippen MR) is 123 cm³/mol. The first-order valence-corrected chi connectivity index (χ1v) is 11.6. The summed E-state index contributed by atoms with van der Waals surface area (Å²) in [4.78, 5) is 27.4. The number of amides is 1. The van der Waals surface area contributed by atoms with Gasteiger partial charge in [0.25, 0.3) is 5.91 Å². The lowest BCUT2D eigenvalue weighted by Gasteiger charge is -2.32. The van der Waals surface area contributed by atoms with Crippen LogP contribution in [0.3, 0.4) is 0 Å². The molecule has 2 aromatic heterocycles. The quantitative estimate of drug-likeness (QED) is 0.606. The fraction of sp³-hybridized carbons (Fsp3) is 0.440. The molecule has 7 nitrogen and oxygen atoms in total. The minimum absolute atomic E-state index is 0.00904. The number of anilines is 1. The van der Waals surface area contributed by atoms with Crippen molar-refractivity contribution in [2.75, 3.05) is 18.0 Å². The molecule has 3 aromatic rings. The van der Waals surface area contributed by atoms with Crippen LogP contribution in [0.25, 0.3) is 0 Å². The number of halogens is 1. The Labute approximate surface area is 193 Å². The Bertz CT molecular complexity index is 1190. The van der Waals surface area contributed by atoms with Gasteiger partial charge in [-0.2, -0.15) is 5.10 Å². The van der Waals surface area contributed by atoms with Gasteiger partial charge in [0.05, 0.1) is 17.8 Å². The number of aryl methyl sites for hydroxylation is 2. The zero-order valence-corrected chi connectivity index (χ0v) is 19.4. The fourth-order valence-corrected chi connectivity index (χ4v) is 4.96. The van der Waals surface area contributed by atoms with Crippen molar-refractivity contribution >= 4 is 11.7 Å². The Morgan fingerprint density at radius 3 is 2.64 bits per heavy atom. The van der Waals surface area contributed by atoms with Gasteiger partial charge in [0.15, 0.2) is 5.82 Å². The molecule has 2 aliphatic rings. The van der Waals surface area contributed by atoms with Crippen molar-refractivity contribution in [3.63, 3.8) is 0 Å². The molecule has 0 N–H and O–H groups in total. The van der Waals surface area contributed by atoms with E-state index in [2.05, 4.69) is 10.00 Å². The molecule has 5 rings (SSSR count). The third-order valence-electron chi connectivity index (χ3n) is 6.93. The SMILES string of the molecule is Cc1nc([C@@H]2CCCN2C(=O)c2cnn(C)c2C)nc2c1CCCN2Cc1ccc(F)cc1. The zero-order valence-electron chi connectivity index (χ0n) is 19.4. The number of fused-ring (bicyclic) bond motifs is 1. The maximum atomic E-state index is 13.4. The first-order valence-electron chi connectivity index (χ1n) is 11.6. The highest BCUT2D eigenvalue weighted by Crippen LogP contribution is 2.35. The number of aromatic nitrogens is 4.